The van der Waals surface area contributed by atoms with Crippen molar-refractivity contribution in [2.45, 2.75) is 57.7 Å². The van der Waals surface area contributed by atoms with Crippen LogP contribution < -0.4 is 5.32 Å². The Morgan fingerprint density at radius 3 is 2.58 bits per heavy atom. The van der Waals surface area contributed by atoms with Crippen LogP contribution in [0.25, 0.3) is 0 Å². The third-order valence-electron chi connectivity index (χ3n) is 4.20. The first-order valence-electron chi connectivity index (χ1n) is 7.22. The van der Waals surface area contributed by atoms with Gasteiger partial charge >= 0.3 is 5.97 Å². The fourth-order valence-corrected chi connectivity index (χ4v) is 3.12. The van der Waals surface area contributed by atoms with Crippen LogP contribution >= 0.6 is 0 Å². The number of carboxylic acid groups (broad SMARTS) is 1. The molecule has 1 aliphatic carbocycles. The lowest BCUT2D eigenvalue weighted by molar-refractivity contribution is -0.151. The summed E-state index contributed by atoms with van der Waals surface area (Å²) in [6, 6.07) is 0. The van der Waals surface area contributed by atoms with E-state index in [0.29, 0.717) is 25.3 Å². The highest BCUT2D eigenvalue weighted by molar-refractivity contribution is 5.82. The maximum Gasteiger partial charge on any atom is 0.332 e. The summed E-state index contributed by atoms with van der Waals surface area (Å²) in [7, 11) is 0. The van der Waals surface area contributed by atoms with Crippen LogP contribution in [0.2, 0.25) is 0 Å². The minimum Gasteiger partial charge on any atom is -0.479 e. The first-order chi connectivity index (χ1) is 9.06. The van der Waals surface area contributed by atoms with Crippen molar-refractivity contribution in [3.05, 3.63) is 0 Å². The number of ether oxygens (including phenoxy) is 1. The lowest BCUT2D eigenvalue weighted by Gasteiger charge is -2.27. The molecule has 2 N–H and O–H groups in total. The summed E-state index contributed by atoms with van der Waals surface area (Å²) < 4.78 is 5.23. The predicted molar refractivity (Wildman–Crippen MR) is 69.7 cm³/mol. The van der Waals surface area contributed by atoms with Crippen LogP contribution in [0.4, 0.5) is 0 Å². The van der Waals surface area contributed by atoms with Gasteiger partial charge in [0, 0.05) is 6.54 Å². The van der Waals surface area contributed by atoms with Gasteiger partial charge in [-0.25, -0.2) is 4.79 Å². The lowest BCUT2D eigenvalue weighted by Crippen LogP contribution is -2.39. The standard InChI is InChI=1S/C14H23NO4/c1-9-3-2-4-10(7-9)8-15-13(16)11-5-6-12(19-11)14(17)18/h9-12H,2-8H2,1H3,(H,15,16)(H,17,18). The highest BCUT2D eigenvalue weighted by atomic mass is 16.5. The number of nitrogens with one attached hydrogen (secondary N) is 1. The number of hydrogen-bond donors (Lipinski definition) is 2. The van der Waals surface area contributed by atoms with Crippen molar-refractivity contribution in [1.82, 2.24) is 5.32 Å². The van der Waals surface area contributed by atoms with Crippen molar-refractivity contribution < 1.29 is 19.4 Å². The van der Waals surface area contributed by atoms with Crippen LogP contribution in [0, 0.1) is 11.8 Å². The molecule has 0 aromatic rings. The Hall–Kier alpha value is -1.10. The molecule has 2 aliphatic rings. The highest BCUT2D eigenvalue weighted by Gasteiger charge is 2.34. The molecule has 19 heavy (non-hydrogen) atoms. The van der Waals surface area contributed by atoms with Crippen molar-refractivity contribution in [2.75, 3.05) is 6.54 Å². The van der Waals surface area contributed by atoms with Crippen molar-refractivity contribution >= 4 is 11.9 Å². The van der Waals surface area contributed by atoms with Gasteiger partial charge in [0.05, 0.1) is 0 Å². The van der Waals surface area contributed by atoms with Gasteiger partial charge in [-0.1, -0.05) is 19.8 Å². The molecule has 4 atom stereocenters. The molecule has 5 nitrogen and oxygen atoms in total. The highest BCUT2D eigenvalue weighted by Crippen LogP contribution is 2.28. The SMILES string of the molecule is CC1CCCC(CNC(=O)C2CCC(C(=O)O)O2)C1. The molecule has 0 radical (unpaired) electrons. The topological polar surface area (TPSA) is 75.6 Å². The van der Waals surface area contributed by atoms with Gasteiger partial charge in [0.1, 0.15) is 6.10 Å². The van der Waals surface area contributed by atoms with Crippen LogP contribution in [0.5, 0.6) is 0 Å². The van der Waals surface area contributed by atoms with E-state index in [2.05, 4.69) is 12.2 Å². The van der Waals surface area contributed by atoms with E-state index >= 15 is 0 Å². The van der Waals surface area contributed by atoms with Crippen LogP contribution in [0.3, 0.4) is 0 Å². The van der Waals surface area contributed by atoms with Crippen molar-refractivity contribution in [1.29, 1.82) is 0 Å². The largest absolute Gasteiger partial charge is 0.479 e. The monoisotopic (exact) mass is 269 g/mol. The molecule has 2 fully saturated rings. The van der Waals surface area contributed by atoms with E-state index < -0.39 is 18.2 Å². The van der Waals surface area contributed by atoms with Crippen molar-refractivity contribution in [3.8, 4) is 0 Å². The van der Waals surface area contributed by atoms with E-state index in [9.17, 15) is 9.59 Å². The first-order valence-corrected chi connectivity index (χ1v) is 7.22. The molecular formula is C14H23NO4. The molecule has 2 rings (SSSR count). The van der Waals surface area contributed by atoms with Crippen LogP contribution in [-0.4, -0.2) is 35.7 Å². The van der Waals surface area contributed by atoms with Crippen molar-refractivity contribution in [2.24, 2.45) is 11.8 Å². The Morgan fingerprint density at radius 2 is 1.95 bits per heavy atom. The quantitative estimate of drug-likeness (QED) is 0.812. The number of carbonyl (C=O) groups excluding carboxylic acids is 1. The number of hydrogen-bond acceptors (Lipinski definition) is 3. The molecule has 1 aliphatic heterocycles. The third kappa shape index (κ3) is 3.93. The van der Waals surface area contributed by atoms with E-state index in [1.54, 1.807) is 0 Å². The van der Waals surface area contributed by atoms with E-state index in [4.69, 9.17) is 9.84 Å². The number of aliphatic carboxylic acids is 1. The van der Waals surface area contributed by atoms with Gasteiger partial charge in [-0.3, -0.25) is 4.79 Å². The van der Waals surface area contributed by atoms with Gasteiger partial charge in [0.15, 0.2) is 6.10 Å². The maximum atomic E-state index is 11.9. The van der Waals surface area contributed by atoms with Crippen LogP contribution in [0.1, 0.15) is 45.4 Å². The number of carbonyl (C=O) groups is 2. The van der Waals surface area contributed by atoms with Gasteiger partial charge in [-0.2, -0.15) is 0 Å². The number of rotatable bonds is 4. The van der Waals surface area contributed by atoms with Gasteiger partial charge in [-0.05, 0) is 37.5 Å². The average molecular weight is 269 g/mol. The molecule has 0 aromatic heterocycles. The number of amides is 1. The zero-order valence-electron chi connectivity index (χ0n) is 11.4. The Bertz CT molecular complexity index is 344. The summed E-state index contributed by atoms with van der Waals surface area (Å²) in [5.41, 5.74) is 0. The fraction of sp³-hybridized carbons (Fsp3) is 0.857. The van der Waals surface area contributed by atoms with Crippen LogP contribution in [0.15, 0.2) is 0 Å². The molecule has 108 valence electrons. The Morgan fingerprint density at radius 1 is 1.21 bits per heavy atom. The fourth-order valence-electron chi connectivity index (χ4n) is 3.12. The Balaban J connectivity index is 1.71. The molecule has 0 aromatic carbocycles. The zero-order chi connectivity index (χ0) is 13.8. The minimum atomic E-state index is -0.976. The van der Waals surface area contributed by atoms with Gasteiger partial charge in [0.25, 0.3) is 0 Å². The third-order valence-corrected chi connectivity index (χ3v) is 4.20. The molecule has 1 heterocycles. The van der Waals surface area contributed by atoms with Gasteiger partial charge in [0.2, 0.25) is 5.91 Å². The molecule has 1 amide bonds. The van der Waals surface area contributed by atoms with E-state index in [1.807, 2.05) is 0 Å². The molecule has 5 heteroatoms. The Labute approximate surface area is 113 Å². The average Bonchev–Trinajstić information content (AvgIpc) is 2.86. The summed E-state index contributed by atoms with van der Waals surface area (Å²) in [5.74, 6) is 0.178. The minimum absolute atomic E-state index is 0.151. The molecule has 1 saturated heterocycles. The smallest absolute Gasteiger partial charge is 0.332 e. The second-order valence-corrected chi connectivity index (χ2v) is 5.91. The van der Waals surface area contributed by atoms with E-state index in [-0.39, 0.29) is 5.91 Å². The van der Waals surface area contributed by atoms with E-state index in [0.717, 1.165) is 5.92 Å². The molecule has 4 unspecified atom stereocenters. The molecule has 1 saturated carbocycles. The zero-order valence-corrected chi connectivity index (χ0v) is 11.4. The van der Waals surface area contributed by atoms with Gasteiger partial charge in [-0.15, -0.1) is 0 Å². The number of carboxylic acids is 1. The normalized spacial score (nSPS) is 35.0. The molecular weight excluding hydrogens is 246 g/mol. The second-order valence-electron chi connectivity index (χ2n) is 5.91. The summed E-state index contributed by atoms with van der Waals surface area (Å²) in [6.07, 6.45) is 4.40. The Kier molecular flexibility index (Phi) is 4.80. The van der Waals surface area contributed by atoms with Gasteiger partial charge < -0.3 is 15.2 Å². The summed E-state index contributed by atoms with van der Waals surface area (Å²) in [6.45, 7) is 2.95. The maximum absolute atomic E-state index is 11.9. The van der Waals surface area contributed by atoms with E-state index in [1.165, 1.54) is 25.7 Å². The van der Waals surface area contributed by atoms with Crippen molar-refractivity contribution in [3.63, 3.8) is 0 Å². The first kappa shape index (κ1) is 14.3. The summed E-state index contributed by atoms with van der Waals surface area (Å²) in [4.78, 5) is 22.7. The lowest BCUT2D eigenvalue weighted by atomic mass is 9.82. The predicted octanol–water partition coefficient (Wildman–Crippen LogP) is 1.56. The summed E-state index contributed by atoms with van der Waals surface area (Å²) in [5, 5.41) is 11.7. The molecule has 0 bridgehead atoms. The van der Waals surface area contributed by atoms with Crippen LogP contribution in [-0.2, 0) is 14.3 Å². The summed E-state index contributed by atoms with van der Waals surface area (Å²) >= 11 is 0. The molecule has 0 spiro atoms. The second kappa shape index (κ2) is 6.37.